The van der Waals surface area contributed by atoms with Crippen LogP contribution in [0.25, 0.3) is 0 Å². The maximum Gasteiger partial charge on any atom is 0.316 e. The van der Waals surface area contributed by atoms with Crippen molar-refractivity contribution in [2.45, 2.75) is 13.5 Å². The summed E-state index contributed by atoms with van der Waals surface area (Å²) in [5.41, 5.74) is 6.05. The molecule has 4 heteroatoms. The molecule has 0 fully saturated rings. The number of hydrogen-bond acceptors (Lipinski definition) is 4. The third-order valence-corrected chi connectivity index (χ3v) is 2.26. The zero-order valence-electron chi connectivity index (χ0n) is 9.18. The van der Waals surface area contributed by atoms with Crippen LogP contribution in [0.15, 0.2) is 30.3 Å². The van der Waals surface area contributed by atoms with E-state index < -0.39 is 11.9 Å². The number of nitrogens with two attached hydrogens (primary N) is 1. The van der Waals surface area contributed by atoms with Gasteiger partial charge in [0, 0.05) is 0 Å². The lowest BCUT2D eigenvalue weighted by atomic mass is 10.1. The van der Waals surface area contributed by atoms with Crippen LogP contribution in [0, 0.1) is 5.92 Å². The maximum atomic E-state index is 11.4. The number of esters is 1. The van der Waals surface area contributed by atoms with Crippen LogP contribution in [-0.4, -0.2) is 18.3 Å². The van der Waals surface area contributed by atoms with E-state index in [1.807, 2.05) is 30.3 Å². The zero-order chi connectivity index (χ0) is 12.0. The maximum absolute atomic E-state index is 11.4. The van der Waals surface area contributed by atoms with Crippen LogP contribution in [0.4, 0.5) is 0 Å². The monoisotopic (exact) mass is 221 g/mol. The van der Waals surface area contributed by atoms with E-state index in [0.717, 1.165) is 5.56 Å². The van der Waals surface area contributed by atoms with Gasteiger partial charge in [-0.15, -0.1) is 0 Å². The van der Waals surface area contributed by atoms with Crippen molar-refractivity contribution in [2.75, 3.05) is 6.54 Å². The van der Waals surface area contributed by atoms with Gasteiger partial charge in [0.15, 0.2) is 5.78 Å². The van der Waals surface area contributed by atoms with E-state index in [-0.39, 0.29) is 18.9 Å². The van der Waals surface area contributed by atoms with Crippen LogP contribution in [0.1, 0.15) is 12.5 Å². The lowest BCUT2D eigenvalue weighted by Gasteiger charge is -2.09. The molecule has 86 valence electrons. The predicted octanol–water partition coefficient (Wildman–Crippen LogP) is 0.894. The summed E-state index contributed by atoms with van der Waals surface area (Å²) in [6.45, 7) is 1.55. The number of Topliss-reactive ketones (excluding diaryl/α,β-unsaturated/α-hetero) is 1. The molecule has 1 aromatic carbocycles. The van der Waals surface area contributed by atoms with Crippen molar-refractivity contribution in [2.24, 2.45) is 11.7 Å². The number of hydrogen-bond donors (Lipinski definition) is 1. The second-order valence-corrected chi connectivity index (χ2v) is 3.49. The minimum atomic E-state index is -0.784. The van der Waals surface area contributed by atoms with Crippen LogP contribution in [0.5, 0.6) is 0 Å². The van der Waals surface area contributed by atoms with Gasteiger partial charge in [-0.2, -0.15) is 0 Å². The Morgan fingerprint density at radius 1 is 1.31 bits per heavy atom. The summed E-state index contributed by atoms with van der Waals surface area (Å²) in [6.07, 6.45) is 0. The summed E-state index contributed by atoms with van der Waals surface area (Å²) >= 11 is 0. The second kappa shape index (κ2) is 6.02. The highest BCUT2D eigenvalue weighted by Gasteiger charge is 2.21. The third-order valence-electron chi connectivity index (χ3n) is 2.26. The molecule has 0 radical (unpaired) electrons. The lowest BCUT2D eigenvalue weighted by molar-refractivity contribution is -0.152. The molecule has 2 N–H and O–H groups in total. The van der Waals surface area contributed by atoms with Crippen LogP contribution < -0.4 is 5.73 Å². The molecule has 0 amide bonds. The highest BCUT2D eigenvalue weighted by atomic mass is 16.5. The van der Waals surface area contributed by atoms with E-state index in [9.17, 15) is 9.59 Å². The topological polar surface area (TPSA) is 69.4 Å². The van der Waals surface area contributed by atoms with Gasteiger partial charge in [-0.25, -0.2) is 0 Å². The van der Waals surface area contributed by atoms with Crippen molar-refractivity contribution < 1.29 is 14.3 Å². The molecule has 1 unspecified atom stereocenters. The van der Waals surface area contributed by atoms with Gasteiger partial charge in [0.05, 0.1) is 6.54 Å². The normalized spacial score (nSPS) is 11.9. The van der Waals surface area contributed by atoms with Gasteiger partial charge in [0.25, 0.3) is 0 Å². The smallest absolute Gasteiger partial charge is 0.316 e. The first-order chi connectivity index (χ1) is 7.65. The Labute approximate surface area is 94.4 Å². The fourth-order valence-electron chi connectivity index (χ4n) is 1.16. The van der Waals surface area contributed by atoms with Gasteiger partial charge in [-0.05, 0) is 12.5 Å². The molecule has 0 saturated carbocycles. The molecule has 0 heterocycles. The van der Waals surface area contributed by atoms with Crippen molar-refractivity contribution in [3.05, 3.63) is 35.9 Å². The summed E-state index contributed by atoms with van der Waals surface area (Å²) in [5, 5.41) is 0. The summed E-state index contributed by atoms with van der Waals surface area (Å²) in [5.74, 6) is -1.62. The number of carbonyl (C=O) groups excluding carboxylic acids is 2. The molecule has 1 aromatic rings. The molecule has 0 aliphatic heterocycles. The van der Waals surface area contributed by atoms with E-state index in [2.05, 4.69) is 0 Å². The molecule has 0 aromatic heterocycles. The molecule has 0 bridgehead atoms. The average molecular weight is 221 g/mol. The van der Waals surface area contributed by atoms with Gasteiger partial charge in [-0.3, -0.25) is 9.59 Å². The largest absolute Gasteiger partial charge is 0.460 e. The second-order valence-electron chi connectivity index (χ2n) is 3.49. The van der Waals surface area contributed by atoms with Crippen LogP contribution in [0.3, 0.4) is 0 Å². The SMILES string of the molecule is CC(C(=O)CN)C(=O)OCc1ccccc1. The minimum Gasteiger partial charge on any atom is -0.460 e. The van der Waals surface area contributed by atoms with Gasteiger partial charge < -0.3 is 10.5 Å². The highest BCUT2D eigenvalue weighted by Crippen LogP contribution is 2.05. The molecule has 0 saturated heterocycles. The van der Waals surface area contributed by atoms with E-state index in [0.29, 0.717) is 0 Å². The zero-order valence-corrected chi connectivity index (χ0v) is 9.18. The molecule has 0 aliphatic rings. The van der Waals surface area contributed by atoms with E-state index in [1.165, 1.54) is 6.92 Å². The average Bonchev–Trinajstić information content (AvgIpc) is 2.35. The Morgan fingerprint density at radius 2 is 1.94 bits per heavy atom. The van der Waals surface area contributed by atoms with Crippen molar-refractivity contribution in [3.63, 3.8) is 0 Å². The molecule has 0 aliphatic carbocycles. The van der Waals surface area contributed by atoms with Gasteiger partial charge in [-0.1, -0.05) is 30.3 Å². The van der Waals surface area contributed by atoms with Gasteiger partial charge in [0.2, 0.25) is 0 Å². The number of ether oxygens (including phenoxy) is 1. The first kappa shape index (κ1) is 12.4. The number of ketones is 1. The summed E-state index contributed by atoms with van der Waals surface area (Å²) < 4.78 is 5.00. The molecule has 0 spiro atoms. The van der Waals surface area contributed by atoms with E-state index in [4.69, 9.17) is 10.5 Å². The molecular weight excluding hydrogens is 206 g/mol. The minimum absolute atomic E-state index is 0.137. The van der Waals surface area contributed by atoms with E-state index >= 15 is 0 Å². The number of rotatable bonds is 5. The lowest BCUT2D eigenvalue weighted by Crippen LogP contribution is -2.28. The first-order valence-corrected chi connectivity index (χ1v) is 5.08. The summed E-state index contributed by atoms with van der Waals surface area (Å²) in [7, 11) is 0. The summed E-state index contributed by atoms with van der Waals surface area (Å²) in [4.78, 5) is 22.6. The van der Waals surface area contributed by atoms with Crippen molar-refractivity contribution in [1.29, 1.82) is 0 Å². The molecule has 1 rings (SSSR count). The fourth-order valence-corrected chi connectivity index (χ4v) is 1.16. The third kappa shape index (κ3) is 3.47. The van der Waals surface area contributed by atoms with E-state index in [1.54, 1.807) is 0 Å². The van der Waals surface area contributed by atoms with Crippen molar-refractivity contribution in [3.8, 4) is 0 Å². The molecular formula is C12H15NO3. The Balaban J connectivity index is 2.44. The summed E-state index contributed by atoms with van der Waals surface area (Å²) in [6, 6.07) is 9.30. The van der Waals surface area contributed by atoms with Crippen LogP contribution in [0.2, 0.25) is 0 Å². The number of carbonyl (C=O) groups is 2. The Bertz CT molecular complexity index is 362. The molecule has 16 heavy (non-hydrogen) atoms. The molecule has 1 atom stereocenters. The fraction of sp³-hybridized carbons (Fsp3) is 0.333. The standard InChI is InChI=1S/C12H15NO3/c1-9(11(14)7-13)12(15)16-8-10-5-3-2-4-6-10/h2-6,9H,7-8,13H2,1H3. The quantitative estimate of drug-likeness (QED) is 0.592. The van der Waals surface area contributed by atoms with Gasteiger partial charge in [0.1, 0.15) is 12.5 Å². The van der Waals surface area contributed by atoms with Gasteiger partial charge >= 0.3 is 5.97 Å². The first-order valence-electron chi connectivity index (χ1n) is 5.08. The predicted molar refractivity (Wildman–Crippen MR) is 59.5 cm³/mol. The molecule has 4 nitrogen and oxygen atoms in total. The van der Waals surface area contributed by atoms with Crippen molar-refractivity contribution >= 4 is 11.8 Å². The van der Waals surface area contributed by atoms with Crippen LogP contribution in [-0.2, 0) is 20.9 Å². The van der Waals surface area contributed by atoms with Crippen molar-refractivity contribution in [1.82, 2.24) is 0 Å². The number of benzene rings is 1. The Kier molecular flexibility index (Phi) is 4.66. The highest BCUT2D eigenvalue weighted by molar-refractivity contribution is 5.99. The van der Waals surface area contributed by atoms with Crippen LogP contribution >= 0.6 is 0 Å². The Morgan fingerprint density at radius 3 is 2.50 bits per heavy atom. The Hall–Kier alpha value is -1.68.